The molecule has 0 radical (unpaired) electrons. The number of aromatic hydroxyl groups is 1. The molecule has 120 valence electrons. The van der Waals surface area contributed by atoms with Gasteiger partial charge in [0.05, 0.1) is 5.71 Å². The van der Waals surface area contributed by atoms with Gasteiger partial charge in [-0.1, -0.05) is 37.3 Å². The van der Waals surface area contributed by atoms with Crippen molar-refractivity contribution < 1.29 is 9.50 Å². The zero-order valence-electron chi connectivity index (χ0n) is 12.7. The van der Waals surface area contributed by atoms with Gasteiger partial charge in [-0.05, 0) is 42.4 Å². The summed E-state index contributed by atoms with van der Waals surface area (Å²) in [5.41, 5.74) is 4.69. The van der Waals surface area contributed by atoms with Crippen molar-refractivity contribution in [2.45, 2.75) is 19.9 Å². The van der Waals surface area contributed by atoms with Gasteiger partial charge in [0.25, 0.3) is 0 Å². The number of nitrogens with one attached hydrogen (secondary N) is 2. The minimum absolute atomic E-state index is 0.0167. The molecule has 0 fully saturated rings. The molecule has 0 saturated heterocycles. The first-order valence-electron chi connectivity index (χ1n) is 7.23. The predicted molar refractivity (Wildman–Crippen MR) is 93.9 cm³/mol. The van der Waals surface area contributed by atoms with Crippen molar-refractivity contribution in [2.24, 2.45) is 5.10 Å². The maximum absolute atomic E-state index is 13.3. The fourth-order valence-electron chi connectivity index (χ4n) is 2.01. The number of nitrogens with zero attached hydrogens (tertiary/aromatic N) is 1. The lowest BCUT2D eigenvalue weighted by molar-refractivity contribution is 0.471. The number of thiocarbonyl (C=S) groups is 1. The second kappa shape index (κ2) is 8.24. The Morgan fingerprint density at radius 2 is 1.96 bits per heavy atom. The Morgan fingerprint density at radius 1 is 1.22 bits per heavy atom. The number of phenolic OH excluding ortho intramolecular Hbond substituents is 1. The molecule has 0 amide bonds. The topological polar surface area (TPSA) is 56.7 Å². The van der Waals surface area contributed by atoms with Crippen molar-refractivity contribution in [3.63, 3.8) is 0 Å². The Bertz CT molecular complexity index is 704. The largest absolute Gasteiger partial charge is 0.507 e. The Balaban J connectivity index is 1.99. The summed E-state index contributed by atoms with van der Waals surface area (Å²) in [5, 5.41) is 17.4. The van der Waals surface area contributed by atoms with Crippen LogP contribution in [0.25, 0.3) is 0 Å². The molecule has 0 atom stereocenters. The van der Waals surface area contributed by atoms with Crippen molar-refractivity contribution in [3.05, 3.63) is 65.5 Å². The van der Waals surface area contributed by atoms with Crippen LogP contribution in [-0.2, 0) is 6.54 Å². The molecule has 4 nitrogen and oxygen atoms in total. The normalized spacial score (nSPS) is 11.1. The molecule has 6 heteroatoms. The van der Waals surface area contributed by atoms with E-state index in [0.29, 0.717) is 29.4 Å². The highest BCUT2D eigenvalue weighted by Crippen LogP contribution is 2.19. The summed E-state index contributed by atoms with van der Waals surface area (Å²) in [6.07, 6.45) is 0.519. The van der Waals surface area contributed by atoms with E-state index in [2.05, 4.69) is 15.8 Å². The summed E-state index contributed by atoms with van der Waals surface area (Å²) in [7, 11) is 0. The van der Waals surface area contributed by atoms with E-state index in [0.717, 1.165) is 5.56 Å². The van der Waals surface area contributed by atoms with Crippen LogP contribution in [0.4, 0.5) is 4.39 Å². The fraction of sp³-hybridized carbons (Fsp3) is 0.176. The quantitative estimate of drug-likeness (QED) is 0.447. The van der Waals surface area contributed by atoms with E-state index in [9.17, 15) is 9.50 Å². The van der Waals surface area contributed by atoms with Gasteiger partial charge in [0, 0.05) is 12.1 Å². The van der Waals surface area contributed by atoms with E-state index in [-0.39, 0.29) is 5.75 Å². The summed E-state index contributed by atoms with van der Waals surface area (Å²) in [5.74, 6) is -0.444. The summed E-state index contributed by atoms with van der Waals surface area (Å²) in [4.78, 5) is 0. The van der Waals surface area contributed by atoms with Crippen molar-refractivity contribution in [3.8, 4) is 5.75 Å². The van der Waals surface area contributed by atoms with Crippen LogP contribution in [0.5, 0.6) is 5.75 Å². The molecular formula is C17H18FN3OS. The third-order valence-electron chi connectivity index (χ3n) is 3.19. The van der Waals surface area contributed by atoms with E-state index < -0.39 is 5.82 Å². The average molecular weight is 331 g/mol. The number of hydrogen-bond acceptors (Lipinski definition) is 3. The zero-order chi connectivity index (χ0) is 16.7. The number of phenols is 1. The number of halogens is 1. The van der Waals surface area contributed by atoms with Gasteiger partial charge >= 0.3 is 0 Å². The van der Waals surface area contributed by atoms with Gasteiger partial charge in [0.2, 0.25) is 0 Å². The predicted octanol–water partition coefficient (Wildman–Crippen LogP) is 3.31. The molecule has 0 unspecified atom stereocenters. The monoisotopic (exact) mass is 331 g/mol. The lowest BCUT2D eigenvalue weighted by Gasteiger charge is -2.10. The third-order valence-corrected chi connectivity index (χ3v) is 3.43. The highest BCUT2D eigenvalue weighted by molar-refractivity contribution is 7.80. The third kappa shape index (κ3) is 5.03. The highest BCUT2D eigenvalue weighted by atomic mass is 32.1. The smallest absolute Gasteiger partial charge is 0.187 e. The number of rotatable bonds is 5. The van der Waals surface area contributed by atoms with Crippen LogP contribution in [0, 0.1) is 5.82 Å². The maximum atomic E-state index is 13.3. The SMILES string of the molecule is CC/C(=N\NC(=S)NCc1ccccc1)c1cc(F)ccc1O. The molecule has 0 bridgehead atoms. The Hall–Kier alpha value is -2.47. The van der Waals surface area contributed by atoms with Crippen LogP contribution in [-0.4, -0.2) is 15.9 Å². The molecule has 0 aromatic heterocycles. The van der Waals surface area contributed by atoms with Crippen molar-refractivity contribution in [1.82, 2.24) is 10.7 Å². The van der Waals surface area contributed by atoms with Gasteiger partial charge in [0.15, 0.2) is 5.11 Å². The molecular weight excluding hydrogens is 313 g/mol. The second-order valence-corrected chi connectivity index (χ2v) is 5.26. The molecule has 3 N–H and O–H groups in total. The lowest BCUT2D eigenvalue weighted by atomic mass is 10.1. The Labute approximate surface area is 140 Å². The molecule has 23 heavy (non-hydrogen) atoms. The standard InChI is InChI=1S/C17H18FN3OS/c1-2-15(14-10-13(18)8-9-16(14)22)20-21-17(23)19-11-12-6-4-3-5-7-12/h3-10,22H,2,11H2,1H3,(H2,19,21,23)/b20-15+. The van der Waals surface area contributed by atoms with E-state index in [4.69, 9.17) is 12.2 Å². The van der Waals surface area contributed by atoms with E-state index in [1.54, 1.807) is 0 Å². The molecule has 2 aromatic rings. The second-order valence-electron chi connectivity index (χ2n) is 4.85. The summed E-state index contributed by atoms with van der Waals surface area (Å²) >= 11 is 5.16. The zero-order valence-corrected chi connectivity index (χ0v) is 13.5. The molecule has 2 aromatic carbocycles. The Morgan fingerprint density at radius 3 is 2.65 bits per heavy atom. The van der Waals surface area contributed by atoms with Crippen LogP contribution in [0.15, 0.2) is 53.6 Å². The van der Waals surface area contributed by atoms with Crippen LogP contribution in [0.3, 0.4) is 0 Å². The lowest BCUT2D eigenvalue weighted by Crippen LogP contribution is -2.32. The summed E-state index contributed by atoms with van der Waals surface area (Å²) in [6, 6.07) is 13.6. The van der Waals surface area contributed by atoms with Gasteiger partial charge in [0.1, 0.15) is 11.6 Å². The molecule has 0 aliphatic rings. The summed E-state index contributed by atoms with van der Waals surface area (Å²) in [6.45, 7) is 2.44. The molecule has 0 aliphatic heterocycles. The molecule has 0 spiro atoms. The van der Waals surface area contributed by atoms with Crippen LogP contribution in [0.1, 0.15) is 24.5 Å². The van der Waals surface area contributed by atoms with E-state index in [1.165, 1.54) is 18.2 Å². The Kier molecular flexibility index (Phi) is 6.05. The molecule has 2 rings (SSSR count). The fourth-order valence-corrected chi connectivity index (χ4v) is 2.12. The number of benzene rings is 2. The van der Waals surface area contributed by atoms with Gasteiger partial charge in [-0.3, -0.25) is 5.43 Å². The molecule has 0 aliphatic carbocycles. The first-order chi connectivity index (χ1) is 11.1. The van der Waals surface area contributed by atoms with Crippen molar-refractivity contribution in [1.29, 1.82) is 0 Å². The van der Waals surface area contributed by atoms with Crippen LogP contribution < -0.4 is 10.7 Å². The maximum Gasteiger partial charge on any atom is 0.187 e. The first kappa shape index (κ1) is 16.9. The number of hydrazone groups is 1. The number of hydrogen-bond donors (Lipinski definition) is 3. The average Bonchev–Trinajstić information content (AvgIpc) is 2.57. The first-order valence-corrected chi connectivity index (χ1v) is 7.64. The minimum Gasteiger partial charge on any atom is -0.507 e. The van der Waals surface area contributed by atoms with Crippen LogP contribution in [0.2, 0.25) is 0 Å². The van der Waals surface area contributed by atoms with E-state index >= 15 is 0 Å². The van der Waals surface area contributed by atoms with E-state index in [1.807, 2.05) is 37.3 Å². The van der Waals surface area contributed by atoms with Crippen molar-refractivity contribution >= 4 is 23.0 Å². The van der Waals surface area contributed by atoms with Gasteiger partial charge in [-0.25, -0.2) is 4.39 Å². The van der Waals surface area contributed by atoms with Gasteiger partial charge in [-0.15, -0.1) is 0 Å². The van der Waals surface area contributed by atoms with Gasteiger partial charge in [-0.2, -0.15) is 5.10 Å². The summed E-state index contributed by atoms with van der Waals surface area (Å²) < 4.78 is 13.3. The van der Waals surface area contributed by atoms with Crippen LogP contribution >= 0.6 is 12.2 Å². The molecule has 0 heterocycles. The van der Waals surface area contributed by atoms with Gasteiger partial charge < -0.3 is 10.4 Å². The minimum atomic E-state index is -0.427. The molecule has 0 saturated carbocycles. The van der Waals surface area contributed by atoms with Crippen molar-refractivity contribution in [2.75, 3.05) is 0 Å². The highest BCUT2D eigenvalue weighted by Gasteiger charge is 2.09.